The van der Waals surface area contributed by atoms with Crippen molar-refractivity contribution in [2.75, 3.05) is 25.5 Å². The minimum absolute atomic E-state index is 0.133. The van der Waals surface area contributed by atoms with Crippen LogP contribution in [0.15, 0.2) is 10.3 Å². The van der Waals surface area contributed by atoms with Gasteiger partial charge in [-0.1, -0.05) is 11.3 Å². The third-order valence-corrected chi connectivity index (χ3v) is 5.19. The summed E-state index contributed by atoms with van der Waals surface area (Å²) in [6.07, 6.45) is 0. The predicted molar refractivity (Wildman–Crippen MR) is 74.4 cm³/mol. The first-order valence-electron chi connectivity index (χ1n) is 5.54. The Bertz CT molecular complexity index is 610. The van der Waals surface area contributed by atoms with Gasteiger partial charge in [0.05, 0.1) is 11.5 Å². The van der Waals surface area contributed by atoms with Crippen molar-refractivity contribution in [3.8, 4) is 0 Å². The summed E-state index contributed by atoms with van der Waals surface area (Å²) in [5.41, 5.74) is -0.323. The highest BCUT2D eigenvalue weighted by Gasteiger charge is 2.25. The van der Waals surface area contributed by atoms with E-state index in [1.807, 2.05) is 0 Å². The molecule has 0 spiro atoms. The standard InChI is InChI=1S/C9H14N4O5S2/c1-3-11-7(14)5-12-20(17,18)8-4-6(13(15)16)9(10-2)19-8/h4,10,12H,3,5H2,1-2H3,(H,11,14). The number of carbonyl (C=O) groups is 1. The number of anilines is 1. The molecule has 112 valence electrons. The molecule has 1 aromatic heterocycles. The Morgan fingerprint density at radius 3 is 2.60 bits per heavy atom. The topological polar surface area (TPSA) is 130 Å². The van der Waals surface area contributed by atoms with Crippen molar-refractivity contribution in [1.29, 1.82) is 0 Å². The Hall–Kier alpha value is -1.72. The average Bonchev–Trinajstić information content (AvgIpc) is 2.82. The van der Waals surface area contributed by atoms with E-state index in [1.54, 1.807) is 6.92 Å². The van der Waals surface area contributed by atoms with Gasteiger partial charge in [-0.15, -0.1) is 0 Å². The van der Waals surface area contributed by atoms with E-state index in [1.165, 1.54) is 7.05 Å². The van der Waals surface area contributed by atoms with E-state index >= 15 is 0 Å². The van der Waals surface area contributed by atoms with Crippen LogP contribution in [0.4, 0.5) is 10.7 Å². The van der Waals surface area contributed by atoms with Gasteiger partial charge in [0.15, 0.2) is 5.00 Å². The third-order valence-electron chi connectivity index (χ3n) is 2.18. The number of hydrogen-bond acceptors (Lipinski definition) is 7. The molecule has 1 aromatic rings. The molecule has 1 heterocycles. The summed E-state index contributed by atoms with van der Waals surface area (Å²) in [6.45, 7) is 1.67. The maximum atomic E-state index is 11.9. The minimum Gasteiger partial charge on any atom is -0.374 e. The largest absolute Gasteiger partial charge is 0.374 e. The van der Waals surface area contributed by atoms with E-state index in [9.17, 15) is 23.3 Å². The predicted octanol–water partition coefficient (Wildman–Crippen LogP) is 0.112. The van der Waals surface area contributed by atoms with Gasteiger partial charge in [-0.05, 0) is 6.92 Å². The van der Waals surface area contributed by atoms with Crippen molar-refractivity contribution in [3.63, 3.8) is 0 Å². The van der Waals surface area contributed by atoms with Gasteiger partial charge in [0.1, 0.15) is 4.21 Å². The molecule has 20 heavy (non-hydrogen) atoms. The molecule has 0 saturated heterocycles. The number of nitrogens with zero attached hydrogens (tertiary/aromatic N) is 1. The van der Waals surface area contributed by atoms with Gasteiger partial charge >= 0.3 is 5.69 Å². The van der Waals surface area contributed by atoms with Crippen LogP contribution in [-0.2, 0) is 14.8 Å². The molecule has 0 atom stereocenters. The lowest BCUT2D eigenvalue weighted by Crippen LogP contribution is -2.36. The molecule has 0 aliphatic rings. The van der Waals surface area contributed by atoms with Crippen LogP contribution in [-0.4, -0.2) is 39.4 Å². The molecule has 1 amide bonds. The van der Waals surface area contributed by atoms with Crippen LogP contribution >= 0.6 is 11.3 Å². The van der Waals surface area contributed by atoms with Crippen molar-refractivity contribution < 1.29 is 18.1 Å². The van der Waals surface area contributed by atoms with Crippen LogP contribution in [0.2, 0.25) is 0 Å². The van der Waals surface area contributed by atoms with Crippen LogP contribution in [0.3, 0.4) is 0 Å². The van der Waals surface area contributed by atoms with E-state index in [4.69, 9.17) is 0 Å². The number of nitrogens with one attached hydrogen (secondary N) is 3. The number of rotatable bonds is 7. The number of likely N-dealkylation sites (N-methyl/N-ethyl adjacent to an activating group) is 1. The Balaban J connectivity index is 2.93. The van der Waals surface area contributed by atoms with Crippen molar-refractivity contribution in [1.82, 2.24) is 10.0 Å². The summed E-state index contributed by atoms with van der Waals surface area (Å²) in [5.74, 6) is -0.476. The number of thiophene rings is 1. The van der Waals surface area contributed by atoms with Gasteiger partial charge in [-0.25, -0.2) is 13.1 Å². The Morgan fingerprint density at radius 2 is 2.15 bits per heavy atom. The molecule has 11 heteroatoms. The first-order chi connectivity index (χ1) is 9.31. The number of amides is 1. The van der Waals surface area contributed by atoms with Gasteiger partial charge < -0.3 is 10.6 Å². The molecule has 0 aliphatic carbocycles. The molecule has 0 radical (unpaired) electrons. The Kier molecular flexibility index (Phi) is 5.42. The fourth-order valence-corrected chi connectivity index (χ4v) is 3.61. The van der Waals surface area contributed by atoms with E-state index in [0.29, 0.717) is 6.54 Å². The number of sulfonamides is 1. The number of hydrogen-bond donors (Lipinski definition) is 3. The SMILES string of the molecule is CCNC(=O)CNS(=O)(=O)c1cc([N+](=O)[O-])c(NC)s1. The normalized spacial score (nSPS) is 11.1. The summed E-state index contributed by atoms with van der Waals surface area (Å²) in [5, 5.41) is 15.9. The zero-order chi connectivity index (χ0) is 15.3. The average molecular weight is 322 g/mol. The van der Waals surface area contributed by atoms with Crippen LogP contribution in [0, 0.1) is 10.1 Å². The zero-order valence-corrected chi connectivity index (χ0v) is 12.4. The lowest BCUT2D eigenvalue weighted by Gasteiger charge is -2.04. The van der Waals surface area contributed by atoms with Gasteiger partial charge in [0, 0.05) is 19.7 Å². The van der Waals surface area contributed by atoms with Crippen molar-refractivity contribution in [3.05, 3.63) is 16.2 Å². The monoisotopic (exact) mass is 322 g/mol. The molecule has 1 rings (SSSR count). The zero-order valence-electron chi connectivity index (χ0n) is 10.8. The van der Waals surface area contributed by atoms with Crippen LogP contribution in [0.25, 0.3) is 0 Å². The van der Waals surface area contributed by atoms with Crippen LogP contribution < -0.4 is 15.4 Å². The summed E-state index contributed by atoms with van der Waals surface area (Å²) in [7, 11) is -2.50. The molecule has 0 aliphatic heterocycles. The highest BCUT2D eigenvalue weighted by Crippen LogP contribution is 2.36. The highest BCUT2D eigenvalue weighted by molar-refractivity contribution is 7.91. The molecule has 9 nitrogen and oxygen atoms in total. The molecule has 0 saturated carbocycles. The van der Waals surface area contributed by atoms with Crippen molar-refractivity contribution in [2.24, 2.45) is 0 Å². The first-order valence-corrected chi connectivity index (χ1v) is 7.84. The fourth-order valence-electron chi connectivity index (χ4n) is 1.30. The van der Waals surface area contributed by atoms with E-state index in [0.717, 1.165) is 17.4 Å². The van der Waals surface area contributed by atoms with Crippen LogP contribution in [0.1, 0.15) is 6.92 Å². The van der Waals surface area contributed by atoms with Gasteiger partial charge in [0.2, 0.25) is 5.91 Å². The molecule has 0 bridgehead atoms. The highest BCUT2D eigenvalue weighted by atomic mass is 32.2. The third kappa shape index (κ3) is 3.88. The second kappa shape index (κ2) is 6.63. The van der Waals surface area contributed by atoms with Crippen molar-refractivity contribution >= 4 is 38.0 Å². The molecule has 0 unspecified atom stereocenters. The smallest absolute Gasteiger partial charge is 0.304 e. The second-order valence-electron chi connectivity index (χ2n) is 3.56. The van der Waals surface area contributed by atoms with E-state index < -0.39 is 27.4 Å². The Morgan fingerprint density at radius 1 is 1.50 bits per heavy atom. The lowest BCUT2D eigenvalue weighted by atomic mass is 10.5. The number of carbonyl (C=O) groups excluding carboxylic acids is 1. The van der Waals surface area contributed by atoms with Crippen LogP contribution in [0.5, 0.6) is 0 Å². The quantitative estimate of drug-likeness (QED) is 0.482. The fraction of sp³-hybridized carbons (Fsp3) is 0.444. The first kappa shape index (κ1) is 16.3. The molecular formula is C9H14N4O5S2. The summed E-state index contributed by atoms with van der Waals surface area (Å²) in [6, 6.07) is 0.955. The lowest BCUT2D eigenvalue weighted by molar-refractivity contribution is -0.383. The van der Waals surface area contributed by atoms with E-state index in [2.05, 4.69) is 15.4 Å². The maximum Gasteiger partial charge on any atom is 0.304 e. The second-order valence-corrected chi connectivity index (χ2v) is 6.61. The van der Waals surface area contributed by atoms with Gasteiger partial charge in [-0.2, -0.15) is 0 Å². The van der Waals surface area contributed by atoms with Crippen molar-refractivity contribution in [2.45, 2.75) is 11.1 Å². The maximum absolute atomic E-state index is 11.9. The minimum atomic E-state index is -3.96. The summed E-state index contributed by atoms with van der Waals surface area (Å²) in [4.78, 5) is 21.3. The molecular weight excluding hydrogens is 308 g/mol. The molecule has 3 N–H and O–H groups in total. The molecule has 0 aromatic carbocycles. The summed E-state index contributed by atoms with van der Waals surface area (Å²) < 4.78 is 25.7. The van der Waals surface area contributed by atoms with Gasteiger partial charge in [-0.3, -0.25) is 14.9 Å². The Labute approximate surface area is 119 Å². The number of nitro groups is 1. The van der Waals surface area contributed by atoms with Gasteiger partial charge in [0.25, 0.3) is 10.0 Å². The van der Waals surface area contributed by atoms with E-state index in [-0.39, 0.29) is 14.9 Å². The molecule has 0 fully saturated rings. The summed E-state index contributed by atoms with van der Waals surface area (Å²) >= 11 is 0.725.